The van der Waals surface area contributed by atoms with Gasteiger partial charge in [-0.2, -0.15) is 5.10 Å². The minimum atomic E-state index is 0.385. The van der Waals surface area contributed by atoms with Crippen LogP contribution in [-0.4, -0.2) is 34.4 Å². The second-order valence-corrected chi connectivity index (χ2v) is 9.23. The lowest BCUT2D eigenvalue weighted by molar-refractivity contribution is 0.0719. The maximum atomic E-state index is 5.63. The molecule has 4 heteroatoms. The number of aryl methyl sites for hydroxylation is 4. The molecule has 0 saturated carbocycles. The maximum Gasteiger partial charge on any atom is 0.0707 e. The van der Waals surface area contributed by atoms with E-state index in [4.69, 9.17) is 9.84 Å². The van der Waals surface area contributed by atoms with Gasteiger partial charge in [0, 0.05) is 37.5 Å². The number of ether oxygens (including phenoxy) is 1. The van der Waals surface area contributed by atoms with Gasteiger partial charge in [-0.3, -0.25) is 4.90 Å². The fraction of sp³-hybridized carbons (Fsp3) is 0.464. The summed E-state index contributed by atoms with van der Waals surface area (Å²) in [7, 11) is 1.81. The quantitative estimate of drug-likeness (QED) is 0.495. The molecule has 1 aliphatic rings. The molecule has 0 saturated heterocycles. The summed E-state index contributed by atoms with van der Waals surface area (Å²) in [5.74, 6) is 0. The predicted octanol–water partition coefficient (Wildman–Crippen LogP) is 5.50. The van der Waals surface area contributed by atoms with Gasteiger partial charge in [0.1, 0.15) is 0 Å². The SMILES string of the molecule is CCc1nn(-c2c(C)cc(C)cc2C)c(CC)c1CN1Cc2ccccc2CC1COC. The zero-order chi connectivity index (χ0) is 22.8. The average molecular weight is 432 g/mol. The number of hydrogen-bond acceptors (Lipinski definition) is 3. The fourth-order valence-corrected chi connectivity index (χ4v) is 5.44. The predicted molar refractivity (Wildman–Crippen MR) is 132 cm³/mol. The van der Waals surface area contributed by atoms with Crippen molar-refractivity contribution in [3.63, 3.8) is 0 Å². The number of nitrogens with zero attached hydrogens (tertiary/aromatic N) is 3. The van der Waals surface area contributed by atoms with Gasteiger partial charge in [-0.1, -0.05) is 55.8 Å². The van der Waals surface area contributed by atoms with Crippen molar-refractivity contribution in [3.8, 4) is 5.69 Å². The van der Waals surface area contributed by atoms with Crippen molar-refractivity contribution >= 4 is 0 Å². The molecule has 170 valence electrons. The first-order chi connectivity index (χ1) is 15.5. The van der Waals surface area contributed by atoms with Crippen LogP contribution in [0.3, 0.4) is 0 Å². The van der Waals surface area contributed by atoms with Gasteiger partial charge in [-0.05, 0) is 62.3 Å². The van der Waals surface area contributed by atoms with Crippen molar-refractivity contribution in [2.45, 2.75) is 73.0 Å². The van der Waals surface area contributed by atoms with E-state index in [9.17, 15) is 0 Å². The highest BCUT2D eigenvalue weighted by atomic mass is 16.5. The van der Waals surface area contributed by atoms with E-state index in [0.717, 1.165) is 39.0 Å². The van der Waals surface area contributed by atoms with Gasteiger partial charge in [0.25, 0.3) is 0 Å². The second-order valence-electron chi connectivity index (χ2n) is 9.23. The van der Waals surface area contributed by atoms with Crippen molar-refractivity contribution in [2.24, 2.45) is 0 Å². The van der Waals surface area contributed by atoms with E-state index in [2.05, 4.69) is 80.6 Å². The molecule has 3 aromatic rings. The van der Waals surface area contributed by atoms with Gasteiger partial charge in [0.2, 0.25) is 0 Å². The van der Waals surface area contributed by atoms with Crippen LogP contribution in [-0.2, 0) is 37.1 Å². The zero-order valence-corrected chi connectivity index (χ0v) is 20.5. The van der Waals surface area contributed by atoms with Crippen molar-refractivity contribution in [2.75, 3.05) is 13.7 Å². The third kappa shape index (κ3) is 4.26. The highest BCUT2D eigenvalue weighted by Crippen LogP contribution is 2.30. The van der Waals surface area contributed by atoms with Crippen molar-refractivity contribution < 1.29 is 4.74 Å². The Morgan fingerprint density at radius 1 is 1.00 bits per heavy atom. The van der Waals surface area contributed by atoms with E-state index in [0.29, 0.717) is 6.04 Å². The molecule has 32 heavy (non-hydrogen) atoms. The van der Waals surface area contributed by atoms with E-state index in [1.54, 1.807) is 0 Å². The zero-order valence-electron chi connectivity index (χ0n) is 20.5. The maximum absolute atomic E-state index is 5.63. The molecule has 4 nitrogen and oxygen atoms in total. The summed E-state index contributed by atoms with van der Waals surface area (Å²) >= 11 is 0. The van der Waals surface area contributed by atoms with Crippen LogP contribution in [0.4, 0.5) is 0 Å². The Kier molecular flexibility index (Phi) is 6.82. The lowest BCUT2D eigenvalue weighted by atomic mass is 9.93. The summed E-state index contributed by atoms with van der Waals surface area (Å²) in [5.41, 5.74) is 12.0. The molecule has 1 unspecified atom stereocenters. The molecule has 1 aliphatic heterocycles. The Labute approximate surface area is 193 Å². The fourth-order valence-electron chi connectivity index (χ4n) is 5.44. The minimum Gasteiger partial charge on any atom is -0.383 e. The van der Waals surface area contributed by atoms with E-state index < -0.39 is 0 Å². The Hall–Kier alpha value is -2.43. The van der Waals surface area contributed by atoms with Crippen LogP contribution in [0.5, 0.6) is 0 Å². The number of rotatable bonds is 7. The standard InChI is InChI=1S/C28H37N3O/c1-7-26-25(17-30-16-23-12-10-9-11-22(23)15-24(30)18-32-6)27(8-2)31(29-26)28-20(4)13-19(3)14-21(28)5/h9-14,24H,7-8,15-18H2,1-6H3. The molecule has 0 bridgehead atoms. The summed E-state index contributed by atoms with van der Waals surface area (Å²) < 4.78 is 7.87. The Morgan fingerprint density at radius 3 is 2.31 bits per heavy atom. The van der Waals surface area contributed by atoms with E-state index in [1.807, 2.05) is 7.11 Å². The monoisotopic (exact) mass is 431 g/mol. The first-order valence-electron chi connectivity index (χ1n) is 11.9. The Balaban J connectivity index is 1.76. The number of aromatic nitrogens is 2. The van der Waals surface area contributed by atoms with E-state index in [1.165, 1.54) is 50.5 Å². The average Bonchev–Trinajstić information content (AvgIpc) is 3.10. The van der Waals surface area contributed by atoms with Crippen LogP contribution >= 0.6 is 0 Å². The first-order valence-corrected chi connectivity index (χ1v) is 11.9. The molecule has 0 spiro atoms. The number of hydrogen-bond donors (Lipinski definition) is 0. The molecule has 0 amide bonds. The number of methoxy groups -OCH3 is 1. The first kappa shape index (κ1) is 22.8. The third-order valence-corrected chi connectivity index (χ3v) is 6.87. The van der Waals surface area contributed by atoms with Crippen molar-refractivity contribution in [3.05, 3.63) is 81.2 Å². The Morgan fingerprint density at radius 2 is 1.69 bits per heavy atom. The van der Waals surface area contributed by atoms with Crippen molar-refractivity contribution in [1.82, 2.24) is 14.7 Å². The van der Waals surface area contributed by atoms with Crippen LogP contribution in [0.2, 0.25) is 0 Å². The van der Waals surface area contributed by atoms with Crippen LogP contribution in [0.25, 0.3) is 5.69 Å². The molecular weight excluding hydrogens is 394 g/mol. The van der Waals surface area contributed by atoms with Gasteiger partial charge in [-0.25, -0.2) is 4.68 Å². The molecular formula is C28H37N3O. The highest BCUT2D eigenvalue weighted by molar-refractivity contribution is 5.51. The van der Waals surface area contributed by atoms with Crippen LogP contribution < -0.4 is 0 Å². The third-order valence-electron chi connectivity index (χ3n) is 6.87. The molecule has 0 N–H and O–H groups in total. The van der Waals surface area contributed by atoms with Gasteiger partial charge in [0.15, 0.2) is 0 Å². The van der Waals surface area contributed by atoms with Crippen molar-refractivity contribution in [1.29, 1.82) is 0 Å². The van der Waals surface area contributed by atoms with Crippen LogP contribution in [0, 0.1) is 20.8 Å². The lowest BCUT2D eigenvalue weighted by Crippen LogP contribution is -2.42. The van der Waals surface area contributed by atoms with Gasteiger partial charge in [0.05, 0.1) is 18.0 Å². The smallest absolute Gasteiger partial charge is 0.0707 e. The summed E-state index contributed by atoms with van der Waals surface area (Å²) in [5, 5.41) is 5.16. The van der Waals surface area contributed by atoms with E-state index >= 15 is 0 Å². The van der Waals surface area contributed by atoms with Gasteiger partial charge in [-0.15, -0.1) is 0 Å². The van der Waals surface area contributed by atoms with Gasteiger partial charge < -0.3 is 4.74 Å². The summed E-state index contributed by atoms with van der Waals surface area (Å²) in [4.78, 5) is 2.60. The number of benzene rings is 2. The molecule has 0 fully saturated rings. The van der Waals surface area contributed by atoms with Gasteiger partial charge >= 0.3 is 0 Å². The van der Waals surface area contributed by atoms with Crippen LogP contribution in [0.15, 0.2) is 36.4 Å². The molecule has 0 radical (unpaired) electrons. The molecule has 4 rings (SSSR count). The van der Waals surface area contributed by atoms with E-state index in [-0.39, 0.29) is 0 Å². The minimum absolute atomic E-state index is 0.385. The molecule has 0 aliphatic carbocycles. The summed E-state index contributed by atoms with van der Waals surface area (Å²) in [6.45, 7) is 13.7. The molecule has 2 heterocycles. The topological polar surface area (TPSA) is 30.3 Å². The molecule has 1 atom stereocenters. The highest BCUT2D eigenvalue weighted by Gasteiger charge is 2.29. The number of fused-ring (bicyclic) bond motifs is 1. The summed E-state index contributed by atoms with van der Waals surface area (Å²) in [6.07, 6.45) is 2.95. The normalized spacial score (nSPS) is 16.4. The molecule has 1 aromatic heterocycles. The summed E-state index contributed by atoms with van der Waals surface area (Å²) in [6, 6.07) is 13.8. The molecule has 2 aromatic carbocycles. The largest absolute Gasteiger partial charge is 0.383 e. The second kappa shape index (κ2) is 9.60. The van der Waals surface area contributed by atoms with Crippen LogP contribution in [0.1, 0.15) is 58.6 Å². The Bertz CT molecular complexity index is 1080. The lowest BCUT2D eigenvalue weighted by Gasteiger charge is -2.36.